The molecule has 0 aliphatic carbocycles. The highest BCUT2D eigenvalue weighted by molar-refractivity contribution is 7.98. The monoisotopic (exact) mass is 328 g/mol. The molecule has 4 heteroatoms. The summed E-state index contributed by atoms with van der Waals surface area (Å²) >= 11 is 1.69. The average molecular weight is 328 g/mol. The van der Waals surface area contributed by atoms with E-state index >= 15 is 0 Å². The lowest BCUT2D eigenvalue weighted by molar-refractivity contribution is -0.117. The number of nitrogens with zero attached hydrogens (tertiary/aromatic N) is 1. The van der Waals surface area contributed by atoms with Gasteiger partial charge in [-0.3, -0.25) is 9.69 Å². The first-order valence-electron chi connectivity index (χ1n) is 7.91. The Bertz CT molecular complexity index is 599. The Labute approximate surface area is 143 Å². The maximum atomic E-state index is 12.3. The maximum Gasteiger partial charge on any atom is 0.238 e. The molecule has 1 amide bonds. The average Bonchev–Trinajstić information content (AvgIpc) is 2.56. The number of nitrogens with one attached hydrogen (secondary N) is 1. The highest BCUT2D eigenvalue weighted by Gasteiger charge is 2.11. The van der Waals surface area contributed by atoms with Crippen molar-refractivity contribution in [2.24, 2.45) is 0 Å². The molecule has 0 bridgehead atoms. The number of benzene rings is 2. The summed E-state index contributed by atoms with van der Waals surface area (Å²) in [5.41, 5.74) is 2.09. The van der Waals surface area contributed by atoms with Crippen LogP contribution in [-0.4, -0.2) is 30.2 Å². The molecule has 0 aliphatic heterocycles. The fraction of sp³-hybridized carbons (Fsp3) is 0.316. The second kappa shape index (κ2) is 9.38. The van der Waals surface area contributed by atoms with Crippen LogP contribution in [0.2, 0.25) is 0 Å². The van der Waals surface area contributed by atoms with E-state index in [1.54, 1.807) is 11.8 Å². The standard InChI is InChI=1S/C19H24N2OS/c1-3-13-21(14-16-7-5-4-6-8-16)15-19(22)20-17-9-11-18(23-2)12-10-17/h4-12H,3,13-15H2,1-2H3,(H,20,22). The van der Waals surface area contributed by atoms with Crippen molar-refractivity contribution in [1.29, 1.82) is 0 Å². The van der Waals surface area contributed by atoms with Crippen LogP contribution in [0.3, 0.4) is 0 Å². The van der Waals surface area contributed by atoms with Crippen LogP contribution in [-0.2, 0) is 11.3 Å². The zero-order valence-electron chi connectivity index (χ0n) is 13.8. The van der Waals surface area contributed by atoms with Crippen molar-refractivity contribution in [2.75, 3.05) is 24.7 Å². The van der Waals surface area contributed by atoms with E-state index in [2.05, 4.69) is 29.3 Å². The molecule has 0 atom stereocenters. The second-order valence-electron chi connectivity index (χ2n) is 5.47. The van der Waals surface area contributed by atoms with E-state index in [1.807, 2.05) is 48.7 Å². The Hall–Kier alpha value is -1.78. The van der Waals surface area contributed by atoms with Crippen molar-refractivity contribution in [3.8, 4) is 0 Å². The number of carbonyl (C=O) groups excluding carboxylic acids is 1. The van der Waals surface area contributed by atoms with Gasteiger partial charge >= 0.3 is 0 Å². The molecule has 2 rings (SSSR count). The maximum absolute atomic E-state index is 12.3. The lowest BCUT2D eigenvalue weighted by Crippen LogP contribution is -2.33. The molecule has 0 fully saturated rings. The summed E-state index contributed by atoms with van der Waals surface area (Å²) in [6.45, 7) is 4.26. The number of rotatable bonds is 8. The van der Waals surface area contributed by atoms with Gasteiger partial charge in [0.15, 0.2) is 0 Å². The van der Waals surface area contributed by atoms with E-state index in [4.69, 9.17) is 0 Å². The summed E-state index contributed by atoms with van der Waals surface area (Å²) in [5, 5.41) is 2.98. The minimum absolute atomic E-state index is 0.0336. The van der Waals surface area contributed by atoms with Gasteiger partial charge < -0.3 is 5.32 Å². The number of anilines is 1. The summed E-state index contributed by atoms with van der Waals surface area (Å²) < 4.78 is 0. The third-order valence-corrected chi connectivity index (χ3v) is 4.27. The van der Waals surface area contributed by atoms with E-state index in [0.717, 1.165) is 25.2 Å². The van der Waals surface area contributed by atoms with E-state index in [0.29, 0.717) is 6.54 Å². The summed E-state index contributed by atoms with van der Waals surface area (Å²) in [6, 6.07) is 18.2. The zero-order chi connectivity index (χ0) is 16.5. The number of hydrogen-bond acceptors (Lipinski definition) is 3. The van der Waals surface area contributed by atoms with Gasteiger partial charge in [-0.1, -0.05) is 37.3 Å². The predicted octanol–water partition coefficient (Wildman–Crippen LogP) is 4.26. The van der Waals surface area contributed by atoms with E-state index in [-0.39, 0.29) is 5.91 Å². The highest BCUT2D eigenvalue weighted by atomic mass is 32.2. The first kappa shape index (κ1) is 17.6. The van der Waals surface area contributed by atoms with Crippen molar-refractivity contribution in [3.63, 3.8) is 0 Å². The molecular weight excluding hydrogens is 304 g/mol. The largest absolute Gasteiger partial charge is 0.325 e. The van der Waals surface area contributed by atoms with E-state index in [1.165, 1.54) is 10.5 Å². The van der Waals surface area contributed by atoms with E-state index < -0.39 is 0 Å². The smallest absolute Gasteiger partial charge is 0.238 e. The highest BCUT2D eigenvalue weighted by Crippen LogP contribution is 2.17. The Kier molecular flexibility index (Phi) is 7.17. The molecule has 2 aromatic rings. The number of carbonyl (C=O) groups is 1. The van der Waals surface area contributed by atoms with Gasteiger partial charge in [-0.25, -0.2) is 0 Å². The van der Waals surface area contributed by atoms with Crippen LogP contribution in [0.25, 0.3) is 0 Å². The Balaban J connectivity index is 1.91. The lowest BCUT2D eigenvalue weighted by Gasteiger charge is -2.21. The van der Waals surface area contributed by atoms with Crippen molar-refractivity contribution in [3.05, 3.63) is 60.2 Å². The topological polar surface area (TPSA) is 32.3 Å². The molecule has 2 aromatic carbocycles. The number of hydrogen-bond donors (Lipinski definition) is 1. The summed E-state index contributed by atoms with van der Waals surface area (Å²) in [4.78, 5) is 15.7. The quantitative estimate of drug-likeness (QED) is 0.735. The number of amides is 1. The van der Waals surface area contributed by atoms with Crippen LogP contribution in [0.1, 0.15) is 18.9 Å². The van der Waals surface area contributed by atoms with Gasteiger partial charge in [0.1, 0.15) is 0 Å². The first-order valence-corrected chi connectivity index (χ1v) is 9.14. The molecule has 0 unspecified atom stereocenters. The van der Waals surface area contributed by atoms with Gasteiger partial charge in [-0.15, -0.1) is 11.8 Å². The normalized spacial score (nSPS) is 10.7. The molecule has 23 heavy (non-hydrogen) atoms. The summed E-state index contributed by atoms with van der Waals surface area (Å²) in [7, 11) is 0. The molecular formula is C19H24N2OS. The Morgan fingerprint density at radius 2 is 1.78 bits per heavy atom. The van der Waals surface area contributed by atoms with Crippen LogP contribution < -0.4 is 5.32 Å². The zero-order valence-corrected chi connectivity index (χ0v) is 14.6. The minimum Gasteiger partial charge on any atom is -0.325 e. The van der Waals surface area contributed by atoms with Gasteiger partial charge in [-0.2, -0.15) is 0 Å². The Morgan fingerprint density at radius 3 is 2.39 bits per heavy atom. The van der Waals surface area contributed by atoms with Crippen LogP contribution in [0.5, 0.6) is 0 Å². The van der Waals surface area contributed by atoms with Crippen LogP contribution >= 0.6 is 11.8 Å². The van der Waals surface area contributed by atoms with Crippen LogP contribution in [0.4, 0.5) is 5.69 Å². The summed E-state index contributed by atoms with van der Waals surface area (Å²) in [5.74, 6) is 0.0336. The summed E-state index contributed by atoms with van der Waals surface area (Å²) in [6.07, 6.45) is 3.07. The van der Waals surface area contributed by atoms with Gasteiger partial charge in [0.25, 0.3) is 0 Å². The molecule has 3 nitrogen and oxygen atoms in total. The van der Waals surface area contributed by atoms with Crippen molar-refractivity contribution in [1.82, 2.24) is 4.90 Å². The molecule has 0 heterocycles. The molecule has 0 radical (unpaired) electrons. The molecule has 122 valence electrons. The molecule has 0 aliphatic rings. The third-order valence-electron chi connectivity index (χ3n) is 3.53. The van der Waals surface area contributed by atoms with E-state index in [9.17, 15) is 4.79 Å². The fourth-order valence-corrected chi connectivity index (χ4v) is 2.86. The van der Waals surface area contributed by atoms with Crippen molar-refractivity contribution >= 4 is 23.4 Å². The van der Waals surface area contributed by atoms with Crippen LogP contribution in [0.15, 0.2) is 59.5 Å². The molecule has 1 N–H and O–H groups in total. The first-order chi connectivity index (χ1) is 11.2. The van der Waals surface area contributed by atoms with Gasteiger partial charge in [0, 0.05) is 17.1 Å². The molecule has 0 spiro atoms. The van der Waals surface area contributed by atoms with Crippen molar-refractivity contribution in [2.45, 2.75) is 24.8 Å². The van der Waals surface area contributed by atoms with Gasteiger partial charge in [0.2, 0.25) is 5.91 Å². The van der Waals surface area contributed by atoms with Gasteiger partial charge in [0.05, 0.1) is 6.54 Å². The molecule has 0 aromatic heterocycles. The van der Waals surface area contributed by atoms with Gasteiger partial charge in [-0.05, 0) is 49.1 Å². The Morgan fingerprint density at radius 1 is 1.09 bits per heavy atom. The van der Waals surface area contributed by atoms with Crippen molar-refractivity contribution < 1.29 is 4.79 Å². The minimum atomic E-state index is 0.0336. The lowest BCUT2D eigenvalue weighted by atomic mass is 10.2. The molecule has 0 saturated carbocycles. The fourth-order valence-electron chi connectivity index (χ4n) is 2.45. The third kappa shape index (κ3) is 6.08. The second-order valence-corrected chi connectivity index (χ2v) is 6.35. The van der Waals surface area contributed by atoms with Crippen LogP contribution in [0, 0.1) is 0 Å². The SMILES string of the molecule is CCCN(CC(=O)Nc1ccc(SC)cc1)Cc1ccccc1. The number of thioether (sulfide) groups is 1. The molecule has 0 saturated heterocycles. The predicted molar refractivity (Wildman–Crippen MR) is 98.9 cm³/mol.